The maximum atomic E-state index is 13.2. The highest BCUT2D eigenvalue weighted by Gasteiger charge is 2.66. The molecular weight excluding hydrogens is 275 g/mol. The van der Waals surface area contributed by atoms with Gasteiger partial charge in [-0.3, -0.25) is 11.3 Å². The van der Waals surface area contributed by atoms with Crippen LogP contribution in [0.15, 0.2) is 18.2 Å². The first-order valence-corrected chi connectivity index (χ1v) is 7.97. The van der Waals surface area contributed by atoms with E-state index in [1.54, 1.807) is 6.07 Å². The van der Waals surface area contributed by atoms with Crippen molar-refractivity contribution in [3.63, 3.8) is 0 Å². The van der Waals surface area contributed by atoms with Crippen LogP contribution in [0.2, 0.25) is 5.02 Å². The van der Waals surface area contributed by atoms with Gasteiger partial charge in [0.05, 0.1) is 5.02 Å². The Morgan fingerprint density at radius 3 is 2.60 bits per heavy atom. The van der Waals surface area contributed by atoms with Crippen LogP contribution < -0.4 is 11.3 Å². The number of fused-ring (bicyclic) bond motifs is 5. The Labute approximate surface area is 123 Å². The SMILES string of the molecule is NNC(Cc1ccc(F)c(Cl)c1)C1C2C3CCC(C3)C21. The van der Waals surface area contributed by atoms with Crippen molar-refractivity contribution >= 4 is 11.6 Å². The molecule has 2 bridgehead atoms. The third-order valence-electron chi connectivity index (χ3n) is 5.91. The van der Waals surface area contributed by atoms with E-state index in [2.05, 4.69) is 5.43 Å². The smallest absolute Gasteiger partial charge is 0.141 e. The standard InChI is InChI=1S/C16H20ClFN2/c17-11-5-8(1-4-12(11)18)6-13(20-19)16-14-9-2-3-10(7-9)15(14)16/h1,4-5,9-10,13-16,20H,2-3,6-7,19H2. The Morgan fingerprint density at radius 1 is 1.30 bits per heavy atom. The maximum absolute atomic E-state index is 13.2. The lowest BCUT2D eigenvalue weighted by atomic mass is 9.94. The van der Waals surface area contributed by atoms with Gasteiger partial charge < -0.3 is 0 Å². The zero-order valence-corrected chi connectivity index (χ0v) is 12.1. The van der Waals surface area contributed by atoms with E-state index < -0.39 is 0 Å². The van der Waals surface area contributed by atoms with Gasteiger partial charge in [-0.05, 0) is 73.0 Å². The van der Waals surface area contributed by atoms with E-state index in [9.17, 15) is 4.39 Å². The number of rotatable bonds is 4. The van der Waals surface area contributed by atoms with Gasteiger partial charge in [-0.15, -0.1) is 0 Å². The summed E-state index contributed by atoms with van der Waals surface area (Å²) in [6, 6.07) is 5.30. The first-order chi connectivity index (χ1) is 9.69. The van der Waals surface area contributed by atoms with Crippen molar-refractivity contribution in [3.8, 4) is 0 Å². The molecule has 1 aromatic rings. The summed E-state index contributed by atoms with van der Waals surface area (Å²) in [6.07, 6.45) is 5.13. The summed E-state index contributed by atoms with van der Waals surface area (Å²) in [7, 11) is 0. The highest BCUT2D eigenvalue weighted by Crippen LogP contribution is 2.70. The molecule has 3 fully saturated rings. The van der Waals surface area contributed by atoms with Crippen LogP contribution >= 0.6 is 11.6 Å². The van der Waals surface area contributed by atoms with Crippen molar-refractivity contribution in [2.45, 2.75) is 31.7 Å². The topological polar surface area (TPSA) is 38.0 Å². The minimum atomic E-state index is -0.353. The number of nitrogens with two attached hydrogens (primary N) is 1. The molecule has 5 unspecified atom stereocenters. The molecule has 3 aliphatic carbocycles. The molecule has 3 aliphatic rings. The van der Waals surface area contributed by atoms with Gasteiger partial charge in [0.25, 0.3) is 0 Å². The molecular formula is C16H20ClFN2. The molecule has 5 atom stereocenters. The second-order valence-corrected chi connectivity index (χ2v) is 7.20. The van der Waals surface area contributed by atoms with E-state index in [0.29, 0.717) is 6.04 Å². The van der Waals surface area contributed by atoms with Gasteiger partial charge in [-0.25, -0.2) is 4.39 Å². The normalized spacial score (nSPS) is 38.9. The number of nitrogens with one attached hydrogen (secondary N) is 1. The lowest BCUT2D eigenvalue weighted by molar-refractivity contribution is 0.365. The van der Waals surface area contributed by atoms with Crippen molar-refractivity contribution < 1.29 is 4.39 Å². The Kier molecular flexibility index (Phi) is 3.06. The highest BCUT2D eigenvalue weighted by atomic mass is 35.5. The second kappa shape index (κ2) is 4.69. The number of hydrazine groups is 1. The number of halogens is 2. The van der Waals surface area contributed by atoms with Crippen LogP contribution in [0.3, 0.4) is 0 Å². The predicted octanol–water partition coefficient (Wildman–Crippen LogP) is 3.15. The third kappa shape index (κ3) is 1.91. The van der Waals surface area contributed by atoms with Crippen LogP contribution in [0.1, 0.15) is 24.8 Å². The Bertz CT molecular complexity index is 519. The largest absolute Gasteiger partial charge is 0.271 e. The van der Waals surface area contributed by atoms with Crippen molar-refractivity contribution in [2.24, 2.45) is 35.4 Å². The van der Waals surface area contributed by atoms with Gasteiger partial charge in [-0.1, -0.05) is 17.7 Å². The van der Waals surface area contributed by atoms with Gasteiger partial charge in [-0.2, -0.15) is 0 Å². The summed E-state index contributed by atoms with van der Waals surface area (Å²) < 4.78 is 13.2. The van der Waals surface area contributed by atoms with Crippen LogP contribution in [0.4, 0.5) is 4.39 Å². The fourth-order valence-corrected chi connectivity index (χ4v) is 5.36. The van der Waals surface area contributed by atoms with Gasteiger partial charge in [0.1, 0.15) is 5.82 Å². The molecule has 0 spiro atoms. The summed E-state index contributed by atoms with van der Waals surface area (Å²) in [4.78, 5) is 0. The molecule has 108 valence electrons. The molecule has 3 N–H and O–H groups in total. The fraction of sp³-hybridized carbons (Fsp3) is 0.625. The monoisotopic (exact) mass is 294 g/mol. The molecule has 0 amide bonds. The highest BCUT2D eigenvalue weighted by molar-refractivity contribution is 6.30. The van der Waals surface area contributed by atoms with Gasteiger partial charge in [0.2, 0.25) is 0 Å². The minimum Gasteiger partial charge on any atom is -0.271 e. The molecule has 20 heavy (non-hydrogen) atoms. The first kappa shape index (κ1) is 13.1. The molecule has 2 nitrogen and oxygen atoms in total. The van der Waals surface area contributed by atoms with Crippen LogP contribution in [-0.4, -0.2) is 6.04 Å². The van der Waals surface area contributed by atoms with Crippen LogP contribution in [0, 0.1) is 35.4 Å². The maximum Gasteiger partial charge on any atom is 0.141 e. The molecule has 0 aliphatic heterocycles. The van der Waals surface area contributed by atoms with Gasteiger partial charge in [0, 0.05) is 6.04 Å². The van der Waals surface area contributed by atoms with Crippen molar-refractivity contribution in [3.05, 3.63) is 34.6 Å². The molecule has 0 aromatic heterocycles. The van der Waals surface area contributed by atoms with E-state index in [4.69, 9.17) is 17.4 Å². The summed E-state index contributed by atoms with van der Waals surface area (Å²) >= 11 is 5.86. The number of benzene rings is 1. The van der Waals surface area contributed by atoms with Crippen molar-refractivity contribution in [1.82, 2.24) is 5.43 Å². The average molecular weight is 295 g/mol. The Balaban J connectivity index is 1.48. The van der Waals surface area contributed by atoms with E-state index in [0.717, 1.165) is 41.6 Å². The van der Waals surface area contributed by atoms with Crippen molar-refractivity contribution in [1.29, 1.82) is 0 Å². The zero-order chi connectivity index (χ0) is 13.9. The Morgan fingerprint density at radius 2 is 2.00 bits per heavy atom. The lowest BCUT2D eigenvalue weighted by Gasteiger charge is -2.20. The molecule has 0 heterocycles. The second-order valence-electron chi connectivity index (χ2n) is 6.79. The molecule has 0 radical (unpaired) electrons. The fourth-order valence-electron chi connectivity index (χ4n) is 5.16. The summed E-state index contributed by atoms with van der Waals surface area (Å²) in [6.45, 7) is 0. The van der Waals surface area contributed by atoms with Gasteiger partial charge >= 0.3 is 0 Å². The van der Waals surface area contributed by atoms with Crippen LogP contribution in [0.5, 0.6) is 0 Å². The minimum absolute atomic E-state index is 0.203. The third-order valence-corrected chi connectivity index (χ3v) is 6.20. The van der Waals surface area contributed by atoms with E-state index in [1.165, 1.54) is 25.3 Å². The molecule has 3 saturated carbocycles. The van der Waals surface area contributed by atoms with Gasteiger partial charge in [0.15, 0.2) is 0 Å². The summed E-state index contributed by atoms with van der Waals surface area (Å²) in [5, 5.41) is 0.203. The quantitative estimate of drug-likeness (QED) is 0.661. The lowest BCUT2D eigenvalue weighted by Crippen LogP contribution is -2.40. The molecule has 4 heteroatoms. The van der Waals surface area contributed by atoms with Crippen LogP contribution in [0.25, 0.3) is 0 Å². The van der Waals surface area contributed by atoms with Crippen LogP contribution in [-0.2, 0) is 6.42 Å². The predicted molar refractivity (Wildman–Crippen MR) is 77.5 cm³/mol. The molecule has 0 saturated heterocycles. The number of hydrogen-bond donors (Lipinski definition) is 2. The number of hydrogen-bond acceptors (Lipinski definition) is 2. The van der Waals surface area contributed by atoms with Crippen molar-refractivity contribution in [2.75, 3.05) is 0 Å². The Hall–Kier alpha value is -0.640. The first-order valence-electron chi connectivity index (χ1n) is 7.59. The summed E-state index contributed by atoms with van der Waals surface area (Å²) in [5.74, 6) is 9.83. The average Bonchev–Trinajstić information content (AvgIpc) is 2.87. The van der Waals surface area contributed by atoms with E-state index in [1.807, 2.05) is 6.07 Å². The molecule has 1 aromatic carbocycles. The molecule has 4 rings (SSSR count). The van der Waals surface area contributed by atoms with E-state index >= 15 is 0 Å². The van der Waals surface area contributed by atoms with E-state index in [-0.39, 0.29) is 10.8 Å². The summed E-state index contributed by atoms with van der Waals surface area (Å²) in [5.41, 5.74) is 4.07. The zero-order valence-electron chi connectivity index (χ0n) is 11.4.